The summed E-state index contributed by atoms with van der Waals surface area (Å²) in [5.74, 6) is 0.301. The van der Waals surface area contributed by atoms with E-state index in [1.54, 1.807) is 38.1 Å². The first-order valence-corrected chi connectivity index (χ1v) is 9.97. The molecule has 11 heteroatoms. The van der Waals surface area contributed by atoms with Gasteiger partial charge in [-0.15, -0.1) is 5.10 Å². The van der Waals surface area contributed by atoms with Crippen LogP contribution < -0.4 is 10.4 Å². The third-order valence-corrected chi connectivity index (χ3v) is 5.58. The number of aryl methyl sites for hydroxylation is 1. The SMILES string of the molecule is CC(=O)c1nn(-c2ccccc2Cl)/c(=N/N=C(/C)c2c(C)oc3nc[nH]c(=O)c23)s1. The average Bonchev–Trinajstić information content (AvgIpc) is 3.28. The number of para-hydroxylation sites is 1. The maximum atomic E-state index is 12.2. The standard InChI is InChI=1S/C19H15ClN6O3S/c1-9(14-11(3)29-17-15(14)16(28)21-8-22-17)23-24-19-26(25-18(30-19)10(2)27)13-7-5-4-6-12(13)20/h4-8H,1-3H3,(H,21,22,28)/b23-9-,24-19-. The van der Waals surface area contributed by atoms with Gasteiger partial charge in [-0.25, -0.2) is 9.67 Å². The first-order chi connectivity index (χ1) is 14.4. The Balaban J connectivity index is 1.90. The van der Waals surface area contributed by atoms with Gasteiger partial charge >= 0.3 is 0 Å². The molecule has 0 aliphatic heterocycles. The number of furan rings is 1. The lowest BCUT2D eigenvalue weighted by atomic mass is 10.1. The maximum Gasteiger partial charge on any atom is 0.262 e. The second kappa shape index (κ2) is 7.81. The number of carbonyl (C=O) groups excluding carboxylic acids is 1. The van der Waals surface area contributed by atoms with Crippen LogP contribution in [0, 0.1) is 6.92 Å². The summed E-state index contributed by atoms with van der Waals surface area (Å²) in [6.45, 7) is 4.86. The molecule has 0 aliphatic carbocycles. The van der Waals surface area contributed by atoms with Gasteiger partial charge in [0.05, 0.1) is 28.3 Å². The van der Waals surface area contributed by atoms with Gasteiger partial charge in [-0.1, -0.05) is 35.1 Å². The molecule has 0 fully saturated rings. The Morgan fingerprint density at radius 3 is 2.80 bits per heavy atom. The zero-order valence-electron chi connectivity index (χ0n) is 16.1. The summed E-state index contributed by atoms with van der Waals surface area (Å²) in [4.78, 5) is 31.0. The number of aromatic amines is 1. The van der Waals surface area contributed by atoms with Gasteiger partial charge < -0.3 is 9.40 Å². The Kier molecular flexibility index (Phi) is 5.18. The van der Waals surface area contributed by atoms with E-state index >= 15 is 0 Å². The van der Waals surface area contributed by atoms with Crippen LogP contribution in [-0.2, 0) is 0 Å². The second-order valence-corrected chi connectivity index (χ2v) is 7.70. The van der Waals surface area contributed by atoms with Crippen molar-refractivity contribution in [2.45, 2.75) is 20.8 Å². The third-order valence-electron chi connectivity index (χ3n) is 4.26. The summed E-state index contributed by atoms with van der Waals surface area (Å²) in [7, 11) is 0. The van der Waals surface area contributed by atoms with Crippen LogP contribution in [0.1, 0.15) is 35.0 Å². The van der Waals surface area contributed by atoms with Crippen molar-refractivity contribution in [1.29, 1.82) is 0 Å². The average molecular weight is 443 g/mol. The van der Waals surface area contributed by atoms with E-state index in [0.717, 1.165) is 11.3 Å². The fraction of sp³-hybridized carbons (Fsp3) is 0.158. The van der Waals surface area contributed by atoms with Crippen LogP contribution in [-0.4, -0.2) is 31.2 Å². The van der Waals surface area contributed by atoms with Crippen LogP contribution in [0.4, 0.5) is 0 Å². The zero-order valence-corrected chi connectivity index (χ0v) is 17.7. The minimum Gasteiger partial charge on any atom is -0.442 e. The van der Waals surface area contributed by atoms with Crippen molar-refractivity contribution in [3.8, 4) is 5.69 Å². The van der Waals surface area contributed by atoms with Gasteiger partial charge in [0, 0.05) is 6.92 Å². The molecule has 4 aromatic rings. The van der Waals surface area contributed by atoms with Gasteiger partial charge in [0.2, 0.25) is 10.5 Å². The molecule has 3 aromatic heterocycles. The lowest BCUT2D eigenvalue weighted by Crippen LogP contribution is -2.15. The number of nitrogens with zero attached hydrogens (tertiary/aromatic N) is 5. The van der Waals surface area contributed by atoms with Crippen LogP contribution in [0.15, 0.2) is 50.0 Å². The van der Waals surface area contributed by atoms with E-state index in [4.69, 9.17) is 16.0 Å². The van der Waals surface area contributed by atoms with Crippen molar-refractivity contribution in [2.24, 2.45) is 10.2 Å². The van der Waals surface area contributed by atoms with E-state index in [-0.39, 0.29) is 22.1 Å². The van der Waals surface area contributed by atoms with Crippen molar-refractivity contribution < 1.29 is 9.21 Å². The highest BCUT2D eigenvalue weighted by molar-refractivity contribution is 7.11. The van der Waals surface area contributed by atoms with Crippen LogP contribution in [0.3, 0.4) is 0 Å². The molecule has 0 amide bonds. The summed E-state index contributed by atoms with van der Waals surface area (Å²) >= 11 is 7.38. The summed E-state index contributed by atoms with van der Waals surface area (Å²) in [6.07, 6.45) is 1.28. The van der Waals surface area contributed by atoms with Gasteiger partial charge in [-0.05, 0) is 26.0 Å². The Labute approximate surface area is 178 Å². The maximum absolute atomic E-state index is 12.2. The molecule has 0 bridgehead atoms. The van der Waals surface area contributed by atoms with Gasteiger partial charge in [-0.3, -0.25) is 9.59 Å². The summed E-state index contributed by atoms with van der Waals surface area (Å²) in [5, 5.41) is 13.9. The van der Waals surface area contributed by atoms with Gasteiger partial charge in [0.25, 0.3) is 5.56 Å². The van der Waals surface area contributed by atoms with E-state index in [1.165, 1.54) is 17.9 Å². The predicted octanol–water partition coefficient (Wildman–Crippen LogP) is 3.25. The number of nitrogens with one attached hydrogen (secondary N) is 1. The van der Waals surface area contributed by atoms with Crippen molar-refractivity contribution in [2.75, 3.05) is 0 Å². The van der Waals surface area contributed by atoms with Crippen molar-refractivity contribution in [1.82, 2.24) is 19.7 Å². The Hall–Kier alpha value is -3.37. The molecule has 0 radical (unpaired) electrons. The third kappa shape index (κ3) is 3.51. The minimum absolute atomic E-state index is 0.197. The summed E-state index contributed by atoms with van der Waals surface area (Å²) in [5.41, 5.74) is 1.44. The molecule has 0 atom stereocenters. The second-order valence-electron chi connectivity index (χ2n) is 6.34. The molecule has 4 rings (SSSR count). The number of Topliss-reactive ketones (excluding diaryl/α,β-unsaturated/α-hetero) is 1. The van der Waals surface area contributed by atoms with Crippen LogP contribution in [0.5, 0.6) is 0 Å². The number of rotatable bonds is 4. The topological polar surface area (TPSA) is 118 Å². The first-order valence-electron chi connectivity index (χ1n) is 8.78. The van der Waals surface area contributed by atoms with Gasteiger partial charge in [-0.2, -0.15) is 10.2 Å². The predicted molar refractivity (Wildman–Crippen MR) is 114 cm³/mol. The number of benzene rings is 1. The number of hydrogen-bond acceptors (Lipinski definition) is 8. The van der Waals surface area contributed by atoms with E-state index in [0.29, 0.717) is 37.9 Å². The number of ketones is 1. The highest BCUT2D eigenvalue weighted by Gasteiger charge is 2.18. The lowest BCUT2D eigenvalue weighted by Gasteiger charge is -2.02. The number of carbonyl (C=O) groups is 1. The number of hydrogen-bond donors (Lipinski definition) is 1. The smallest absolute Gasteiger partial charge is 0.262 e. The molecule has 0 saturated heterocycles. The van der Waals surface area contributed by atoms with E-state index < -0.39 is 0 Å². The van der Waals surface area contributed by atoms with Crippen molar-refractivity contribution in [3.63, 3.8) is 0 Å². The molecule has 0 aliphatic rings. The van der Waals surface area contributed by atoms with Crippen molar-refractivity contribution in [3.05, 3.63) is 67.1 Å². The largest absolute Gasteiger partial charge is 0.442 e. The van der Waals surface area contributed by atoms with Crippen molar-refractivity contribution >= 4 is 45.5 Å². The molecule has 152 valence electrons. The van der Waals surface area contributed by atoms with Crippen LogP contribution in [0.25, 0.3) is 16.8 Å². The molecular formula is C19H15ClN6O3S. The summed E-state index contributed by atoms with van der Waals surface area (Å²) in [6, 6.07) is 7.08. The zero-order chi connectivity index (χ0) is 21.4. The van der Waals surface area contributed by atoms with Gasteiger partial charge in [0.15, 0.2) is 10.8 Å². The fourth-order valence-electron chi connectivity index (χ4n) is 2.93. The fourth-order valence-corrected chi connectivity index (χ4v) is 3.89. The molecule has 1 aromatic carbocycles. The highest BCUT2D eigenvalue weighted by atomic mass is 35.5. The number of H-pyrrole nitrogens is 1. The summed E-state index contributed by atoms with van der Waals surface area (Å²) < 4.78 is 7.03. The van der Waals surface area contributed by atoms with Crippen LogP contribution in [0.2, 0.25) is 5.02 Å². The van der Waals surface area contributed by atoms with E-state index in [1.807, 2.05) is 0 Å². The Morgan fingerprint density at radius 2 is 2.07 bits per heavy atom. The minimum atomic E-state index is -0.329. The lowest BCUT2D eigenvalue weighted by molar-refractivity contribution is 0.101. The number of halogens is 1. The van der Waals surface area contributed by atoms with E-state index in [2.05, 4.69) is 25.3 Å². The molecule has 0 unspecified atom stereocenters. The monoisotopic (exact) mass is 442 g/mol. The molecule has 3 heterocycles. The number of aromatic nitrogens is 4. The molecule has 0 saturated carbocycles. The van der Waals surface area contributed by atoms with E-state index in [9.17, 15) is 9.59 Å². The van der Waals surface area contributed by atoms with Gasteiger partial charge in [0.1, 0.15) is 11.1 Å². The Morgan fingerprint density at radius 1 is 1.30 bits per heavy atom. The molecule has 30 heavy (non-hydrogen) atoms. The molecule has 0 spiro atoms. The van der Waals surface area contributed by atoms with Crippen LogP contribution >= 0.6 is 22.9 Å². The highest BCUT2D eigenvalue weighted by Crippen LogP contribution is 2.22. The normalized spacial score (nSPS) is 12.7. The first kappa shape index (κ1) is 19.9. The molecule has 1 N–H and O–H groups in total. The molecular weight excluding hydrogens is 428 g/mol. The Bertz CT molecular complexity index is 1440. The molecule has 9 nitrogen and oxygen atoms in total. The number of fused-ring (bicyclic) bond motifs is 1. The quantitative estimate of drug-likeness (QED) is 0.295.